The number of rotatable bonds is 4. The number of nitro groups is 1. The summed E-state index contributed by atoms with van der Waals surface area (Å²) in [7, 11) is 0. The maximum atomic E-state index is 11.0. The van der Waals surface area contributed by atoms with Crippen molar-refractivity contribution < 1.29 is 14.4 Å². The van der Waals surface area contributed by atoms with Gasteiger partial charge >= 0.3 is 5.69 Å². The third kappa shape index (κ3) is 3.44. The van der Waals surface area contributed by atoms with Gasteiger partial charge in [-0.15, -0.1) is 0 Å². The molecule has 20 heavy (non-hydrogen) atoms. The lowest BCUT2D eigenvalue weighted by atomic mass is 10.3. The molecule has 0 radical (unpaired) electrons. The first-order valence-electron chi connectivity index (χ1n) is 6.15. The van der Waals surface area contributed by atoms with E-state index in [1.165, 1.54) is 6.07 Å². The molecule has 1 aromatic rings. The second-order valence-corrected chi connectivity index (χ2v) is 5.87. The lowest BCUT2D eigenvalue weighted by Crippen LogP contribution is -2.26. The zero-order chi connectivity index (χ0) is 14.9. The van der Waals surface area contributed by atoms with Gasteiger partial charge in [-0.2, -0.15) is 0 Å². The lowest BCUT2D eigenvalue weighted by molar-refractivity contribution is -0.384. The number of hydrogen-bond donors (Lipinski definition) is 1. The lowest BCUT2D eigenvalue weighted by Gasteiger charge is -2.17. The number of nitrogens with zero attached hydrogens (tertiary/aromatic N) is 2. The van der Waals surface area contributed by atoms with Crippen molar-refractivity contribution in [2.75, 3.05) is 18.5 Å². The maximum Gasteiger partial charge on any atom is 0.312 e. The van der Waals surface area contributed by atoms with E-state index in [0.29, 0.717) is 23.3 Å². The van der Waals surface area contributed by atoms with Crippen LogP contribution in [0.5, 0.6) is 0 Å². The predicted molar refractivity (Wildman–Crippen MR) is 76.7 cm³/mol. The minimum absolute atomic E-state index is 0.0688. The molecule has 1 aliphatic heterocycles. The Morgan fingerprint density at radius 1 is 1.65 bits per heavy atom. The molecule has 1 aliphatic rings. The zero-order valence-electron chi connectivity index (χ0n) is 11.5. The number of anilines is 1. The molecule has 8 heteroatoms. The summed E-state index contributed by atoms with van der Waals surface area (Å²) >= 11 is 3.24. The Labute approximate surface area is 124 Å². The molecule has 1 aromatic heterocycles. The van der Waals surface area contributed by atoms with Gasteiger partial charge in [0.1, 0.15) is 6.10 Å². The third-order valence-electron chi connectivity index (χ3n) is 2.89. The van der Waals surface area contributed by atoms with E-state index in [1.54, 1.807) is 6.92 Å². The van der Waals surface area contributed by atoms with E-state index in [1.807, 2.05) is 13.8 Å². The molecular formula is C12H16BrN3O4. The summed E-state index contributed by atoms with van der Waals surface area (Å²) in [6.07, 6.45) is -0.157. The Bertz CT molecular complexity index is 536. The third-order valence-corrected chi connectivity index (χ3v) is 3.70. The first-order valence-corrected chi connectivity index (χ1v) is 6.95. The fraction of sp³-hybridized carbons (Fsp3) is 0.583. The van der Waals surface area contributed by atoms with Gasteiger partial charge in [-0.25, -0.2) is 4.98 Å². The van der Waals surface area contributed by atoms with Crippen molar-refractivity contribution in [1.29, 1.82) is 0 Å². The molecule has 1 atom stereocenters. The van der Waals surface area contributed by atoms with Crippen molar-refractivity contribution >= 4 is 27.4 Å². The summed E-state index contributed by atoms with van der Waals surface area (Å²) in [6, 6.07) is 1.45. The van der Waals surface area contributed by atoms with Gasteiger partial charge < -0.3 is 14.8 Å². The number of ether oxygens (including phenoxy) is 2. The van der Waals surface area contributed by atoms with Crippen molar-refractivity contribution in [3.8, 4) is 0 Å². The summed E-state index contributed by atoms with van der Waals surface area (Å²) in [6.45, 7) is 6.29. The van der Waals surface area contributed by atoms with Gasteiger partial charge in [0.25, 0.3) is 0 Å². The highest BCUT2D eigenvalue weighted by Gasteiger charge is 2.32. The Hall–Kier alpha value is -1.25. The average molecular weight is 346 g/mol. The first kappa shape index (κ1) is 15.1. The number of halogens is 1. The predicted octanol–water partition coefficient (Wildman–Crippen LogP) is 2.62. The smallest absolute Gasteiger partial charge is 0.312 e. The zero-order valence-corrected chi connectivity index (χ0v) is 13.1. The standard InChI is InChI=1S/C12H16BrN3O4/c1-7-9(13)4-10(16(17)18)11(15-7)14-5-8-6-19-12(2,3)20-8/h4,8H,5-6H2,1-3H3,(H,14,15)/t8-/m0/s1. The Balaban J connectivity index is 2.09. The van der Waals surface area contributed by atoms with Crippen LogP contribution in [0, 0.1) is 17.0 Å². The van der Waals surface area contributed by atoms with E-state index in [0.717, 1.165) is 0 Å². The van der Waals surface area contributed by atoms with E-state index < -0.39 is 10.7 Å². The number of aromatic nitrogens is 1. The molecule has 2 rings (SSSR count). The van der Waals surface area contributed by atoms with Gasteiger partial charge in [-0.1, -0.05) is 0 Å². The molecule has 0 saturated carbocycles. The van der Waals surface area contributed by atoms with Crippen LogP contribution in [-0.2, 0) is 9.47 Å². The number of pyridine rings is 1. The molecule has 7 nitrogen and oxygen atoms in total. The van der Waals surface area contributed by atoms with E-state index in [2.05, 4.69) is 26.2 Å². The van der Waals surface area contributed by atoms with Crippen LogP contribution in [0.15, 0.2) is 10.5 Å². The van der Waals surface area contributed by atoms with E-state index in [4.69, 9.17) is 9.47 Å². The van der Waals surface area contributed by atoms with Crippen LogP contribution in [0.25, 0.3) is 0 Å². The summed E-state index contributed by atoms with van der Waals surface area (Å²) in [5.41, 5.74) is 0.614. The molecular weight excluding hydrogens is 330 g/mol. The second kappa shape index (κ2) is 5.63. The molecule has 0 aliphatic carbocycles. The Morgan fingerprint density at radius 3 is 2.90 bits per heavy atom. The van der Waals surface area contributed by atoms with Crippen LogP contribution in [0.2, 0.25) is 0 Å². The Kier molecular flexibility index (Phi) is 4.26. The van der Waals surface area contributed by atoms with Gasteiger partial charge in [-0.05, 0) is 36.7 Å². The highest BCUT2D eigenvalue weighted by atomic mass is 79.9. The van der Waals surface area contributed by atoms with Crippen LogP contribution in [0.3, 0.4) is 0 Å². The van der Waals surface area contributed by atoms with Gasteiger partial charge in [0.05, 0.1) is 17.2 Å². The largest absolute Gasteiger partial charge is 0.362 e. The van der Waals surface area contributed by atoms with Crippen molar-refractivity contribution in [1.82, 2.24) is 4.98 Å². The van der Waals surface area contributed by atoms with Gasteiger partial charge in [0, 0.05) is 17.1 Å². The first-order chi connectivity index (χ1) is 9.28. The van der Waals surface area contributed by atoms with Crippen LogP contribution >= 0.6 is 15.9 Å². The summed E-state index contributed by atoms with van der Waals surface area (Å²) in [4.78, 5) is 14.8. The van der Waals surface area contributed by atoms with Crippen molar-refractivity contribution in [3.63, 3.8) is 0 Å². The maximum absolute atomic E-state index is 11.0. The molecule has 1 N–H and O–H groups in total. The quantitative estimate of drug-likeness (QED) is 0.666. The summed E-state index contributed by atoms with van der Waals surface area (Å²) in [5.74, 6) is -0.370. The second-order valence-electron chi connectivity index (χ2n) is 5.01. The molecule has 2 heterocycles. The van der Waals surface area contributed by atoms with Crippen LogP contribution < -0.4 is 5.32 Å². The highest BCUT2D eigenvalue weighted by molar-refractivity contribution is 9.10. The summed E-state index contributed by atoms with van der Waals surface area (Å²) in [5, 5.41) is 14.0. The van der Waals surface area contributed by atoms with Crippen molar-refractivity contribution in [2.24, 2.45) is 0 Å². The monoisotopic (exact) mass is 345 g/mol. The molecule has 0 bridgehead atoms. The number of hydrogen-bond acceptors (Lipinski definition) is 6. The van der Waals surface area contributed by atoms with Gasteiger partial charge in [0.15, 0.2) is 5.79 Å². The van der Waals surface area contributed by atoms with Crippen molar-refractivity contribution in [2.45, 2.75) is 32.7 Å². The van der Waals surface area contributed by atoms with Gasteiger partial charge in [0.2, 0.25) is 5.82 Å². The number of aryl methyl sites for hydroxylation is 1. The topological polar surface area (TPSA) is 86.5 Å². The van der Waals surface area contributed by atoms with E-state index in [-0.39, 0.29) is 17.6 Å². The fourth-order valence-electron chi connectivity index (χ4n) is 1.91. The number of nitrogens with one attached hydrogen (secondary N) is 1. The molecule has 0 unspecified atom stereocenters. The fourth-order valence-corrected chi connectivity index (χ4v) is 2.22. The van der Waals surface area contributed by atoms with Crippen LogP contribution in [0.1, 0.15) is 19.5 Å². The molecule has 1 saturated heterocycles. The Morgan fingerprint density at radius 2 is 2.35 bits per heavy atom. The normalized spacial score (nSPS) is 20.9. The van der Waals surface area contributed by atoms with Crippen molar-refractivity contribution in [3.05, 3.63) is 26.3 Å². The highest BCUT2D eigenvalue weighted by Crippen LogP contribution is 2.29. The van der Waals surface area contributed by atoms with E-state index >= 15 is 0 Å². The van der Waals surface area contributed by atoms with Crippen LogP contribution in [-0.4, -0.2) is 35.0 Å². The minimum Gasteiger partial charge on any atom is -0.362 e. The average Bonchev–Trinajstić information content (AvgIpc) is 2.69. The molecule has 0 aromatic carbocycles. The molecule has 1 fully saturated rings. The molecule has 0 amide bonds. The minimum atomic E-state index is -0.610. The molecule has 110 valence electrons. The molecule has 0 spiro atoms. The summed E-state index contributed by atoms with van der Waals surface area (Å²) < 4.78 is 11.7. The van der Waals surface area contributed by atoms with Gasteiger partial charge in [-0.3, -0.25) is 10.1 Å². The van der Waals surface area contributed by atoms with E-state index in [9.17, 15) is 10.1 Å². The van der Waals surface area contributed by atoms with Crippen LogP contribution in [0.4, 0.5) is 11.5 Å². The SMILES string of the molecule is Cc1nc(NC[C@H]2COC(C)(C)O2)c([N+](=O)[O-])cc1Br.